The van der Waals surface area contributed by atoms with E-state index in [0.717, 1.165) is 69.1 Å². The van der Waals surface area contributed by atoms with Gasteiger partial charge in [0.25, 0.3) is 0 Å². The molecule has 1 aliphatic rings. The fourth-order valence-electron chi connectivity index (χ4n) is 4.36. The summed E-state index contributed by atoms with van der Waals surface area (Å²) in [6, 6.07) is 15.7. The maximum atomic E-state index is 12.6. The first kappa shape index (κ1) is 24.6. The summed E-state index contributed by atoms with van der Waals surface area (Å²) in [5, 5.41) is 0. The average molecular weight is 482 g/mol. The summed E-state index contributed by atoms with van der Waals surface area (Å²) in [7, 11) is -0.374. The first-order valence-corrected chi connectivity index (χ1v) is 13.4. The Balaban J connectivity index is 1.42. The van der Waals surface area contributed by atoms with Crippen molar-refractivity contribution in [3.05, 3.63) is 66.0 Å². The van der Waals surface area contributed by atoms with Crippen molar-refractivity contribution in [2.75, 3.05) is 46.8 Å². The maximum Gasteiger partial charge on any atom is 0.242 e. The van der Waals surface area contributed by atoms with Gasteiger partial charge in [-0.25, -0.2) is 17.7 Å². The standard InChI is InChI=1S/C26H35N5O2S/c1-4-14-31-25-13-12-23(34(32,33)28(2)3)20-24(25)27-26(31)21-30-18-16-29(17-19-30)15-8-11-22-9-6-5-7-10-22/h5-13,20H,4,14-19,21H2,1-3H3/b11-8+. The quantitative estimate of drug-likeness (QED) is 0.468. The van der Waals surface area contributed by atoms with Crippen LogP contribution < -0.4 is 0 Å². The average Bonchev–Trinajstić information content (AvgIpc) is 3.17. The molecule has 0 radical (unpaired) electrons. The van der Waals surface area contributed by atoms with E-state index >= 15 is 0 Å². The van der Waals surface area contributed by atoms with Gasteiger partial charge in [-0.05, 0) is 30.2 Å². The SMILES string of the molecule is CCCn1c(CN2CCN(C/C=C/c3ccccc3)CC2)nc2cc(S(=O)(=O)N(C)C)ccc21. The molecule has 2 heterocycles. The molecule has 0 atom stereocenters. The number of nitrogens with zero attached hydrogens (tertiary/aromatic N) is 5. The predicted octanol–water partition coefficient (Wildman–Crippen LogP) is 3.53. The van der Waals surface area contributed by atoms with Crippen LogP contribution in [0.15, 0.2) is 59.5 Å². The van der Waals surface area contributed by atoms with Gasteiger partial charge in [0.15, 0.2) is 0 Å². The highest BCUT2D eigenvalue weighted by atomic mass is 32.2. The van der Waals surface area contributed by atoms with Crippen LogP contribution in [0.1, 0.15) is 24.7 Å². The van der Waals surface area contributed by atoms with Crippen molar-refractivity contribution in [1.29, 1.82) is 0 Å². The first-order valence-electron chi connectivity index (χ1n) is 12.0. The van der Waals surface area contributed by atoms with Crippen LogP contribution in [0.4, 0.5) is 0 Å². The minimum atomic E-state index is -3.48. The third-order valence-electron chi connectivity index (χ3n) is 6.33. The molecule has 8 heteroatoms. The molecule has 0 unspecified atom stereocenters. The lowest BCUT2D eigenvalue weighted by molar-refractivity contribution is 0.133. The number of rotatable bonds is 9. The Labute approximate surface area is 203 Å². The van der Waals surface area contributed by atoms with Crippen LogP contribution in [0.2, 0.25) is 0 Å². The Morgan fingerprint density at radius 2 is 1.71 bits per heavy atom. The van der Waals surface area contributed by atoms with E-state index in [1.54, 1.807) is 26.2 Å². The Kier molecular flexibility index (Phi) is 7.83. The number of aromatic nitrogens is 2. The van der Waals surface area contributed by atoms with E-state index in [9.17, 15) is 8.42 Å². The topological polar surface area (TPSA) is 61.7 Å². The number of imidazole rings is 1. The number of sulfonamides is 1. The summed E-state index contributed by atoms with van der Waals surface area (Å²) in [6.07, 6.45) is 5.42. The number of hydrogen-bond donors (Lipinski definition) is 0. The molecule has 4 rings (SSSR count). The van der Waals surface area contributed by atoms with E-state index in [2.05, 4.69) is 57.7 Å². The normalized spacial score (nSPS) is 16.2. The molecule has 0 saturated carbocycles. The zero-order valence-electron chi connectivity index (χ0n) is 20.4. The van der Waals surface area contributed by atoms with Crippen molar-refractivity contribution < 1.29 is 8.42 Å². The molecule has 3 aromatic rings. The molecule has 34 heavy (non-hydrogen) atoms. The lowest BCUT2D eigenvalue weighted by Gasteiger charge is -2.34. The van der Waals surface area contributed by atoms with E-state index < -0.39 is 10.0 Å². The third-order valence-corrected chi connectivity index (χ3v) is 8.14. The van der Waals surface area contributed by atoms with Crippen molar-refractivity contribution in [3.63, 3.8) is 0 Å². The molecular weight excluding hydrogens is 446 g/mol. The molecule has 0 aliphatic carbocycles. The smallest absolute Gasteiger partial charge is 0.242 e. The molecule has 0 spiro atoms. The summed E-state index contributed by atoms with van der Waals surface area (Å²) in [5.74, 6) is 1.01. The number of benzene rings is 2. The van der Waals surface area contributed by atoms with E-state index in [0.29, 0.717) is 0 Å². The fourth-order valence-corrected chi connectivity index (χ4v) is 5.28. The van der Waals surface area contributed by atoms with Gasteiger partial charge < -0.3 is 4.57 Å². The van der Waals surface area contributed by atoms with E-state index in [1.165, 1.54) is 9.87 Å². The van der Waals surface area contributed by atoms with Gasteiger partial charge in [0.1, 0.15) is 5.82 Å². The summed E-state index contributed by atoms with van der Waals surface area (Å²) >= 11 is 0. The van der Waals surface area contributed by atoms with Gasteiger partial charge in [-0.3, -0.25) is 9.80 Å². The van der Waals surface area contributed by atoms with Gasteiger partial charge in [-0.2, -0.15) is 0 Å². The molecule has 1 aromatic heterocycles. The number of fused-ring (bicyclic) bond motifs is 1. The fraction of sp³-hybridized carbons (Fsp3) is 0.423. The second kappa shape index (κ2) is 10.8. The van der Waals surface area contributed by atoms with Crippen molar-refractivity contribution in [1.82, 2.24) is 23.7 Å². The van der Waals surface area contributed by atoms with E-state index in [1.807, 2.05) is 12.1 Å². The lowest BCUT2D eigenvalue weighted by atomic mass is 10.2. The summed E-state index contributed by atoms with van der Waals surface area (Å²) in [5.41, 5.74) is 2.98. The van der Waals surface area contributed by atoms with Crippen LogP contribution >= 0.6 is 0 Å². The monoisotopic (exact) mass is 481 g/mol. The Morgan fingerprint density at radius 3 is 2.38 bits per heavy atom. The van der Waals surface area contributed by atoms with Gasteiger partial charge in [0, 0.05) is 53.4 Å². The Bertz CT molecular complexity index is 1230. The summed E-state index contributed by atoms with van der Waals surface area (Å²) in [6.45, 7) is 8.80. The zero-order valence-corrected chi connectivity index (χ0v) is 21.2. The zero-order chi connectivity index (χ0) is 24.1. The molecule has 0 bridgehead atoms. The van der Waals surface area contributed by atoms with Gasteiger partial charge in [-0.15, -0.1) is 0 Å². The highest BCUT2D eigenvalue weighted by molar-refractivity contribution is 7.89. The Morgan fingerprint density at radius 1 is 1.00 bits per heavy atom. The van der Waals surface area contributed by atoms with Gasteiger partial charge in [-0.1, -0.05) is 49.4 Å². The molecular formula is C26H35N5O2S. The molecule has 0 amide bonds. The van der Waals surface area contributed by atoms with Crippen LogP contribution in [0.25, 0.3) is 17.1 Å². The van der Waals surface area contributed by atoms with Crippen molar-refractivity contribution in [3.8, 4) is 0 Å². The molecule has 1 saturated heterocycles. The highest BCUT2D eigenvalue weighted by Crippen LogP contribution is 2.23. The number of piperazine rings is 1. The van der Waals surface area contributed by atoms with Crippen LogP contribution in [0.5, 0.6) is 0 Å². The van der Waals surface area contributed by atoms with Gasteiger partial charge >= 0.3 is 0 Å². The van der Waals surface area contributed by atoms with Crippen LogP contribution in [-0.4, -0.2) is 78.9 Å². The largest absolute Gasteiger partial charge is 0.327 e. The van der Waals surface area contributed by atoms with Crippen molar-refractivity contribution in [2.24, 2.45) is 0 Å². The minimum Gasteiger partial charge on any atom is -0.327 e. The molecule has 1 fully saturated rings. The highest BCUT2D eigenvalue weighted by Gasteiger charge is 2.22. The van der Waals surface area contributed by atoms with Crippen molar-refractivity contribution >= 4 is 27.1 Å². The number of hydrogen-bond acceptors (Lipinski definition) is 5. The van der Waals surface area contributed by atoms with Crippen LogP contribution in [0.3, 0.4) is 0 Å². The van der Waals surface area contributed by atoms with Crippen molar-refractivity contribution in [2.45, 2.75) is 31.3 Å². The molecule has 1 aliphatic heterocycles. The molecule has 7 nitrogen and oxygen atoms in total. The predicted molar refractivity (Wildman–Crippen MR) is 138 cm³/mol. The second-order valence-corrected chi connectivity index (χ2v) is 11.2. The summed E-state index contributed by atoms with van der Waals surface area (Å²) < 4.78 is 28.6. The van der Waals surface area contributed by atoms with E-state index in [4.69, 9.17) is 4.98 Å². The molecule has 182 valence electrons. The molecule has 2 aromatic carbocycles. The maximum absolute atomic E-state index is 12.6. The minimum absolute atomic E-state index is 0.287. The van der Waals surface area contributed by atoms with Gasteiger partial charge in [0.2, 0.25) is 10.0 Å². The lowest BCUT2D eigenvalue weighted by Crippen LogP contribution is -2.46. The Hall–Kier alpha value is -2.52. The first-order chi connectivity index (χ1) is 16.4. The molecule has 0 N–H and O–H groups in total. The van der Waals surface area contributed by atoms with Crippen LogP contribution in [-0.2, 0) is 23.1 Å². The second-order valence-electron chi connectivity index (χ2n) is 9.01. The van der Waals surface area contributed by atoms with Gasteiger partial charge in [0.05, 0.1) is 22.5 Å². The van der Waals surface area contributed by atoms with Crippen LogP contribution in [0, 0.1) is 0 Å². The summed E-state index contributed by atoms with van der Waals surface area (Å²) in [4.78, 5) is 10.1. The van der Waals surface area contributed by atoms with E-state index in [-0.39, 0.29) is 4.90 Å². The third kappa shape index (κ3) is 5.58. The number of aryl methyl sites for hydroxylation is 1.